The molecule has 0 atom stereocenters. The molecule has 0 aliphatic rings. The Balaban J connectivity index is 1.82. The lowest BCUT2D eigenvalue weighted by Crippen LogP contribution is -1.99. The molecule has 0 unspecified atom stereocenters. The zero-order valence-corrected chi connectivity index (χ0v) is 18.3. The summed E-state index contributed by atoms with van der Waals surface area (Å²) in [5.74, 6) is 0. The molecule has 33 heavy (non-hydrogen) atoms. The number of hydrogen-bond acceptors (Lipinski definition) is 0. The van der Waals surface area contributed by atoms with Crippen molar-refractivity contribution in [3.8, 4) is 28.1 Å². The van der Waals surface area contributed by atoms with Gasteiger partial charge in [0.15, 0.2) is 0 Å². The monoisotopic (exact) mass is 421 g/mol. The molecule has 0 bridgehead atoms. The Labute approximate surface area is 193 Å². The van der Waals surface area contributed by atoms with Crippen molar-refractivity contribution in [2.24, 2.45) is 0 Å². The van der Waals surface area contributed by atoms with E-state index in [2.05, 4.69) is 132 Å². The van der Waals surface area contributed by atoms with Crippen LogP contribution in [0.3, 0.4) is 0 Å². The molecule has 0 N–H and O–H groups in total. The molecule has 1 aromatic heterocycles. The Morgan fingerprint density at radius 1 is 0.576 bits per heavy atom. The maximum atomic E-state index is 4.14. The number of benzene rings is 5. The highest BCUT2D eigenvalue weighted by atomic mass is 15.0. The smallest absolute Gasteiger partial charge is 0.0619 e. The summed E-state index contributed by atoms with van der Waals surface area (Å²) in [4.78, 5) is 0. The van der Waals surface area contributed by atoms with Crippen LogP contribution in [0.1, 0.15) is 5.56 Å². The first-order valence-corrected chi connectivity index (χ1v) is 11.2. The van der Waals surface area contributed by atoms with Crippen molar-refractivity contribution in [2.45, 2.75) is 0 Å². The Hall–Kier alpha value is -4.36. The van der Waals surface area contributed by atoms with Crippen LogP contribution in [0, 0.1) is 0 Å². The summed E-state index contributed by atoms with van der Waals surface area (Å²) in [5.41, 5.74) is 8.29. The van der Waals surface area contributed by atoms with Crippen LogP contribution in [0.25, 0.3) is 55.8 Å². The highest BCUT2D eigenvalue weighted by molar-refractivity contribution is 6.08. The van der Waals surface area contributed by atoms with E-state index in [9.17, 15) is 0 Å². The molecule has 6 rings (SSSR count). The third-order valence-corrected chi connectivity index (χ3v) is 6.34. The normalized spacial score (nSPS) is 11.2. The minimum Gasteiger partial charge on any atom is -0.308 e. The molecule has 0 spiro atoms. The van der Waals surface area contributed by atoms with Gasteiger partial charge < -0.3 is 4.57 Å². The van der Waals surface area contributed by atoms with Gasteiger partial charge in [0.2, 0.25) is 0 Å². The summed E-state index contributed by atoms with van der Waals surface area (Å²) >= 11 is 0. The van der Waals surface area contributed by atoms with E-state index in [1.807, 2.05) is 6.08 Å². The topological polar surface area (TPSA) is 4.93 Å². The van der Waals surface area contributed by atoms with Crippen LogP contribution < -0.4 is 0 Å². The van der Waals surface area contributed by atoms with E-state index >= 15 is 0 Å². The third kappa shape index (κ3) is 3.18. The Morgan fingerprint density at radius 3 is 1.97 bits per heavy atom. The van der Waals surface area contributed by atoms with Crippen LogP contribution in [0.15, 0.2) is 128 Å². The van der Waals surface area contributed by atoms with Crippen molar-refractivity contribution >= 4 is 27.8 Å². The van der Waals surface area contributed by atoms with Gasteiger partial charge in [0.1, 0.15) is 0 Å². The zero-order valence-electron chi connectivity index (χ0n) is 18.3. The van der Waals surface area contributed by atoms with Crippen molar-refractivity contribution in [1.29, 1.82) is 0 Å². The van der Waals surface area contributed by atoms with Gasteiger partial charge in [-0.15, -0.1) is 0 Å². The van der Waals surface area contributed by atoms with E-state index in [4.69, 9.17) is 0 Å². The van der Waals surface area contributed by atoms with Gasteiger partial charge in [0, 0.05) is 16.6 Å². The second kappa shape index (κ2) is 7.96. The first kappa shape index (κ1) is 19.3. The molecule has 1 heterocycles. The molecular formula is C32H23N. The van der Waals surface area contributed by atoms with Gasteiger partial charge in [0.05, 0.1) is 11.2 Å². The van der Waals surface area contributed by atoms with Crippen LogP contribution in [0.4, 0.5) is 0 Å². The van der Waals surface area contributed by atoms with E-state index in [0.717, 1.165) is 11.3 Å². The summed E-state index contributed by atoms with van der Waals surface area (Å²) < 4.78 is 2.41. The molecule has 0 amide bonds. The quantitative estimate of drug-likeness (QED) is 0.268. The molecular weight excluding hydrogens is 398 g/mol. The number of rotatable bonds is 4. The van der Waals surface area contributed by atoms with Crippen LogP contribution in [0.2, 0.25) is 0 Å². The standard InChI is InChI=1S/C32H23N/c1-2-23-18-11-19-29-30(25-13-5-3-6-14-25)32(26-15-7-4-8-16-26)33(31(23)29)28-21-20-24-12-9-10-17-27(24)22-28/h2-22H,1H2. The van der Waals surface area contributed by atoms with Crippen molar-refractivity contribution in [3.05, 3.63) is 133 Å². The first-order valence-electron chi connectivity index (χ1n) is 11.2. The maximum Gasteiger partial charge on any atom is 0.0619 e. The summed E-state index contributed by atoms with van der Waals surface area (Å²) in [6, 6.07) is 43.2. The molecule has 6 aromatic rings. The van der Waals surface area contributed by atoms with Crippen LogP contribution in [-0.4, -0.2) is 4.57 Å². The van der Waals surface area contributed by atoms with Gasteiger partial charge in [0.25, 0.3) is 0 Å². The summed E-state index contributed by atoms with van der Waals surface area (Å²) in [6.07, 6.45) is 1.96. The first-order chi connectivity index (χ1) is 16.3. The van der Waals surface area contributed by atoms with Crippen LogP contribution >= 0.6 is 0 Å². The molecule has 5 aromatic carbocycles. The minimum atomic E-state index is 1.13. The van der Waals surface area contributed by atoms with Crippen molar-refractivity contribution < 1.29 is 0 Å². The Morgan fingerprint density at radius 2 is 1.24 bits per heavy atom. The number of para-hydroxylation sites is 1. The van der Waals surface area contributed by atoms with E-state index in [1.165, 1.54) is 44.1 Å². The van der Waals surface area contributed by atoms with Crippen molar-refractivity contribution in [3.63, 3.8) is 0 Å². The number of fused-ring (bicyclic) bond motifs is 2. The van der Waals surface area contributed by atoms with Gasteiger partial charge >= 0.3 is 0 Å². The average Bonchev–Trinajstić information content (AvgIpc) is 3.25. The fraction of sp³-hybridized carbons (Fsp3) is 0. The minimum absolute atomic E-state index is 1.13. The van der Waals surface area contributed by atoms with E-state index in [1.54, 1.807) is 0 Å². The van der Waals surface area contributed by atoms with Gasteiger partial charge in [-0.1, -0.05) is 122 Å². The molecule has 1 heteroatoms. The van der Waals surface area contributed by atoms with Gasteiger partial charge in [-0.3, -0.25) is 0 Å². The predicted molar refractivity (Wildman–Crippen MR) is 142 cm³/mol. The molecule has 0 saturated heterocycles. The third-order valence-electron chi connectivity index (χ3n) is 6.34. The molecule has 1 nitrogen and oxygen atoms in total. The fourth-order valence-electron chi connectivity index (χ4n) is 4.87. The lowest BCUT2D eigenvalue weighted by atomic mass is 9.97. The highest BCUT2D eigenvalue weighted by Crippen LogP contribution is 2.44. The number of nitrogens with zero attached hydrogens (tertiary/aromatic N) is 1. The van der Waals surface area contributed by atoms with E-state index in [0.29, 0.717) is 0 Å². The van der Waals surface area contributed by atoms with E-state index in [-0.39, 0.29) is 0 Å². The number of aromatic nitrogens is 1. The molecule has 0 aliphatic heterocycles. The Bertz CT molecular complexity index is 1610. The highest BCUT2D eigenvalue weighted by Gasteiger charge is 2.22. The van der Waals surface area contributed by atoms with E-state index < -0.39 is 0 Å². The SMILES string of the molecule is C=Cc1cccc2c(-c3ccccc3)c(-c3ccccc3)n(-c3ccc4ccccc4c3)c12. The summed E-state index contributed by atoms with van der Waals surface area (Å²) in [5, 5.41) is 3.70. The molecule has 0 saturated carbocycles. The molecule has 0 fully saturated rings. The largest absolute Gasteiger partial charge is 0.308 e. The molecule has 0 aliphatic carbocycles. The summed E-state index contributed by atoms with van der Waals surface area (Å²) in [7, 11) is 0. The van der Waals surface area contributed by atoms with Gasteiger partial charge in [-0.2, -0.15) is 0 Å². The number of hydrogen-bond donors (Lipinski definition) is 0. The van der Waals surface area contributed by atoms with Crippen molar-refractivity contribution in [2.75, 3.05) is 0 Å². The Kier molecular flexibility index (Phi) is 4.66. The lowest BCUT2D eigenvalue weighted by molar-refractivity contribution is 1.14. The maximum absolute atomic E-state index is 4.14. The lowest BCUT2D eigenvalue weighted by Gasteiger charge is -2.15. The molecule has 0 radical (unpaired) electrons. The average molecular weight is 422 g/mol. The second-order valence-corrected chi connectivity index (χ2v) is 8.27. The second-order valence-electron chi connectivity index (χ2n) is 8.27. The molecule has 156 valence electrons. The zero-order chi connectivity index (χ0) is 22.2. The van der Waals surface area contributed by atoms with Gasteiger partial charge in [-0.05, 0) is 39.6 Å². The van der Waals surface area contributed by atoms with Crippen LogP contribution in [-0.2, 0) is 0 Å². The van der Waals surface area contributed by atoms with Crippen molar-refractivity contribution in [1.82, 2.24) is 4.57 Å². The summed E-state index contributed by atoms with van der Waals surface area (Å²) in [6.45, 7) is 4.14. The van der Waals surface area contributed by atoms with Gasteiger partial charge in [-0.25, -0.2) is 0 Å². The predicted octanol–water partition coefficient (Wildman–Crippen LogP) is 8.76. The fourth-order valence-corrected chi connectivity index (χ4v) is 4.87. The van der Waals surface area contributed by atoms with Crippen LogP contribution in [0.5, 0.6) is 0 Å².